The molecule has 0 saturated carbocycles. The molecule has 1 amide bonds. The van der Waals surface area contributed by atoms with Crippen LogP contribution >= 0.6 is 0 Å². The fourth-order valence-corrected chi connectivity index (χ4v) is 3.80. The number of ketones is 1. The van der Waals surface area contributed by atoms with Gasteiger partial charge >= 0.3 is 0 Å². The van der Waals surface area contributed by atoms with Gasteiger partial charge in [-0.25, -0.2) is 0 Å². The molecule has 0 bridgehead atoms. The van der Waals surface area contributed by atoms with Crippen LogP contribution in [0, 0.1) is 0 Å². The van der Waals surface area contributed by atoms with Crippen LogP contribution in [0.5, 0.6) is 11.5 Å². The van der Waals surface area contributed by atoms with Crippen LogP contribution in [0.3, 0.4) is 0 Å². The lowest BCUT2D eigenvalue weighted by molar-refractivity contribution is -0.140. The number of carbonyl (C=O) groups excluding carboxylic acids is 2. The van der Waals surface area contributed by atoms with Gasteiger partial charge in [-0.1, -0.05) is 12.1 Å². The van der Waals surface area contributed by atoms with E-state index in [-0.39, 0.29) is 17.4 Å². The summed E-state index contributed by atoms with van der Waals surface area (Å²) in [6.07, 6.45) is 0.0196. The van der Waals surface area contributed by atoms with Gasteiger partial charge in [0, 0.05) is 18.7 Å². The number of likely N-dealkylation sites (N-methyl/N-ethyl adjacent to an activating group) is 1. The fraction of sp³-hybridized carbons (Fsp3) is 0.385. The zero-order valence-electron chi connectivity index (χ0n) is 19.9. The Labute approximate surface area is 195 Å². The number of benzene rings is 2. The Morgan fingerprint density at radius 3 is 2.18 bits per heavy atom. The molecule has 1 N–H and O–H groups in total. The first kappa shape index (κ1) is 24.3. The third-order valence-corrected chi connectivity index (χ3v) is 5.33. The Balaban J connectivity index is 2.05. The Morgan fingerprint density at radius 2 is 1.64 bits per heavy atom. The van der Waals surface area contributed by atoms with E-state index in [1.54, 1.807) is 24.3 Å². The van der Waals surface area contributed by atoms with E-state index >= 15 is 0 Å². The smallest absolute Gasteiger partial charge is 0.295 e. The highest BCUT2D eigenvalue weighted by Crippen LogP contribution is 2.39. The number of hydrogen-bond acceptors (Lipinski definition) is 6. The van der Waals surface area contributed by atoms with Crippen LogP contribution in [0.1, 0.15) is 37.9 Å². The quantitative estimate of drug-likeness (QED) is 0.354. The Bertz CT molecular complexity index is 1010. The number of hydrogen-bond donors (Lipinski definition) is 1. The van der Waals surface area contributed by atoms with Crippen molar-refractivity contribution in [2.45, 2.75) is 32.9 Å². The predicted octanol–water partition coefficient (Wildman–Crippen LogP) is 3.86. The Kier molecular flexibility index (Phi) is 7.76. The van der Waals surface area contributed by atoms with Gasteiger partial charge in [0.2, 0.25) is 0 Å². The summed E-state index contributed by atoms with van der Waals surface area (Å²) in [4.78, 5) is 29.5. The predicted molar refractivity (Wildman–Crippen MR) is 127 cm³/mol. The molecular formula is C26H32N2O5. The highest BCUT2D eigenvalue weighted by Gasteiger charge is 2.45. The molecule has 1 heterocycles. The standard InChI is InChI=1S/C26H32N2O5/c1-6-32-20-11-7-18(8-12-20)23-22(25(30)26(31)28(23)16-15-27(4)5)24(29)19-9-13-21(14-10-19)33-17(2)3/h7-14,17,23,29H,6,15-16H2,1-5H3/b24-22+/t23-/m0/s1. The van der Waals surface area contributed by atoms with Crippen LogP contribution in [0.15, 0.2) is 54.1 Å². The van der Waals surface area contributed by atoms with Gasteiger partial charge < -0.3 is 24.4 Å². The number of rotatable bonds is 9. The highest BCUT2D eigenvalue weighted by molar-refractivity contribution is 6.46. The van der Waals surface area contributed by atoms with E-state index in [0.29, 0.717) is 36.8 Å². The summed E-state index contributed by atoms with van der Waals surface area (Å²) in [5, 5.41) is 11.2. The summed E-state index contributed by atoms with van der Waals surface area (Å²) >= 11 is 0. The molecule has 7 heteroatoms. The molecule has 2 aromatic rings. The molecule has 1 fully saturated rings. The second-order valence-corrected chi connectivity index (χ2v) is 8.49. The van der Waals surface area contributed by atoms with Crippen molar-refractivity contribution in [1.29, 1.82) is 0 Å². The van der Waals surface area contributed by atoms with Crippen LogP contribution in [0.2, 0.25) is 0 Å². The van der Waals surface area contributed by atoms with E-state index in [2.05, 4.69) is 0 Å². The second-order valence-electron chi connectivity index (χ2n) is 8.49. The maximum absolute atomic E-state index is 13.1. The summed E-state index contributed by atoms with van der Waals surface area (Å²) in [5.41, 5.74) is 1.27. The largest absolute Gasteiger partial charge is 0.507 e. The van der Waals surface area contributed by atoms with E-state index in [1.807, 2.05) is 64.0 Å². The molecule has 1 aliphatic rings. The first-order valence-electron chi connectivity index (χ1n) is 11.2. The van der Waals surface area contributed by atoms with Gasteiger partial charge in [0.15, 0.2) is 0 Å². The molecule has 1 aliphatic heterocycles. The zero-order chi connectivity index (χ0) is 24.1. The maximum atomic E-state index is 13.1. The van der Waals surface area contributed by atoms with Crippen molar-refractivity contribution in [2.75, 3.05) is 33.8 Å². The maximum Gasteiger partial charge on any atom is 0.295 e. The number of Topliss-reactive ketones (excluding diaryl/α,β-unsaturated/α-hetero) is 1. The molecule has 3 rings (SSSR count). The molecule has 0 radical (unpaired) electrons. The van der Waals surface area contributed by atoms with Crippen LogP contribution in [-0.4, -0.2) is 66.5 Å². The Hall–Kier alpha value is -3.32. The number of likely N-dealkylation sites (tertiary alicyclic amines) is 1. The minimum absolute atomic E-state index is 0.0196. The van der Waals surface area contributed by atoms with Gasteiger partial charge in [-0.05, 0) is 76.8 Å². The van der Waals surface area contributed by atoms with Crippen molar-refractivity contribution in [3.8, 4) is 11.5 Å². The van der Waals surface area contributed by atoms with Crippen molar-refractivity contribution < 1.29 is 24.2 Å². The van der Waals surface area contributed by atoms with Gasteiger partial charge in [0.05, 0.1) is 24.3 Å². The molecule has 0 spiro atoms. The summed E-state index contributed by atoms with van der Waals surface area (Å²) in [5.74, 6) is -0.135. The van der Waals surface area contributed by atoms with Gasteiger partial charge in [0.25, 0.3) is 11.7 Å². The lowest BCUT2D eigenvalue weighted by Crippen LogP contribution is -2.35. The van der Waals surface area contributed by atoms with Crippen molar-refractivity contribution >= 4 is 17.4 Å². The monoisotopic (exact) mass is 452 g/mol. The number of aliphatic hydroxyl groups excluding tert-OH is 1. The summed E-state index contributed by atoms with van der Waals surface area (Å²) in [7, 11) is 3.81. The highest BCUT2D eigenvalue weighted by atomic mass is 16.5. The summed E-state index contributed by atoms with van der Waals surface area (Å²) < 4.78 is 11.2. The Morgan fingerprint density at radius 1 is 1.03 bits per heavy atom. The van der Waals surface area contributed by atoms with Crippen LogP contribution in [0.4, 0.5) is 0 Å². The topological polar surface area (TPSA) is 79.3 Å². The van der Waals surface area contributed by atoms with Crippen LogP contribution in [0.25, 0.3) is 5.76 Å². The molecule has 176 valence electrons. The number of carbonyl (C=O) groups is 2. The number of amides is 1. The third-order valence-electron chi connectivity index (χ3n) is 5.33. The number of ether oxygens (including phenoxy) is 2. The van der Waals surface area contributed by atoms with E-state index in [4.69, 9.17) is 9.47 Å². The lowest BCUT2D eigenvalue weighted by atomic mass is 9.95. The van der Waals surface area contributed by atoms with Gasteiger partial charge in [0.1, 0.15) is 17.3 Å². The normalized spacial score (nSPS) is 17.8. The molecule has 33 heavy (non-hydrogen) atoms. The van der Waals surface area contributed by atoms with Gasteiger partial charge in [-0.2, -0.15) is 0 Å². The molecule has 0 aromatic heterocycles. The minimum Gasteiger partial charge on any atom is -0.507 e. The first-order valence-corrected chi connectivity index (χ1v) is 11.2. The molecule has 0 unspecified atom stereocenters. The van der Waals surface area contributed by atoms with Crippen LogP contribution in [-0.2, 0) is 9.59 Å². The summed E-state index contributed by atoms with van der Waals surface area (Å²) in [6, 6.07) is 13.4. The average molecular weight is 453 g/mol. The van der Waals surface area contributed by atoms with Gasteiger partial charge in [-0.15, -0.1) is 0 Å². The fourth-order valence-electron chi connectivity index (χ4n) is 3.80. The third kappa shape index (κ3) is 5.54. The van der Waals surface area contributed by atoms with E-state index in [0.717, 1.165) is 5.56 Å². The molecule has 1 atom stereocenters. The van der Waals surface area contributed by atoms with Gasteiger partial charge in [-0.3, -0.25) is 9.59 Å². The molecule has 1 saturated heterocycles. The molecule has 2 aromatic carbocycles. The zero-order valence-corrected chi connectivity index (χ0v) is 19.9. The van der Waals surface area contributed by atoms with Crippen LogP contribution < -0.4 is 9.47 Å². The number of nitrogens with zero attached hydrogens (tertiary/aromatic N) is 2. The first-order chi connectivity index (χ1) is 15.7. The lowest BCUT2D eigenvalue weighted by Gasteiger charge is -2.26. The van der Waals surface area contributed by atoms with Crippen molar-refractivity contribution in [1.82, 2.24) is 9.80 Å². The summed E-state index contributed by atoms with van der Waals surface area (Å²) in [6.45, 7) is 7.24. The van der Waals surface area contributed by atoms with E-state index in [1.165, 1.54) is 4.90 Å². The van der Waals surface area contributed by atoms with Crippen molar-refractivity contribution in [3.05, 3.63) is 65.2 Å². The second kappa shape index (κ2) is 10.5. The van der Waals surface area contributed by atoms with Crippen molar-refractivity contribution in [3.63, 3.8) is 0 Å². The van der Waals surface area contributed by atoms with E-state index < -0.39 is 17.7 Å². The van der Waals surface area contributed by atoms with E-state index in [9.17, 15) is 14.7 Å². The molecule has 7 nitrogen and oxygen atoms in total. The molecule has 0 aliphatic carbocycles. The minimum atomic E-state index is -0.688. The molecular weight excluding hydrogens is 420 g/mol. The SMILES string of the molecule is CCOc1ccc([C@H]2/C(=C(\O)c3ccc(OC(C)C)cc3)C(=O)C(=O)N2CCN(C)C)cc1. The number of aliphatic hydroxyl groups is 1. The average Bonchev–Trinajstić information content (AvgIpc) is 3.03. The van der Waals surface area contributed by atoms with Crippen molar-refractivity contribution in [2.24, 2.45) is 0 Å².